The SMILES string of the molecule is CNC(C)c1ccc(F)cc1-c1ccccc1C(F)(F)F. The van der Waals surface area contributed by atoms with E-state index in [0.717, 1.165) is 12.1 Å². The van der Waals surface area contributed by atoms with Crippen molar-refractivity contribution in [3.8, 4) is 11.1 Å². The predicted octanol–water partition coefficient (Wildman–Crippen LogP) is 4.79. The van der Waals surface area contributed by atoms with E-state index >= 15 is 0 Å². The summed E-state index contributed by atoms with van der Waals surface area (Å²) in [5.74, 6) is -0.561. The topological polar surface area (TPSA) is 12.0 Å². The van der Waals surface area contributed by atoms with E-state index < -0.39 is 17.6 Å². The minimum atomic E-state index is -4.48. The Kier molecular flexibility index (Phi) is 4.32. The normalized spacial score (nSPS) is 13.2. The highest BCUT2D eigenvalue weighted by molar-refractivity contribution is 5.72. The molecule has 0 spiro atoms. The zero-order chi connectivity index (χ0) is 15.6. The van der Waals surface area contributed by atoms with Gasteiger partial charge in [-0.3, -0.25) is 0 Å². The summed E-state index contributed by atoms with van der Waals surface area (Å²) in [5.41, 5.74) is 0.0992. The number of nitrogens with one attached hydrogen (secondary N) is 1. The van der Waals surface area contributed by atoms with Crippen molar-refractivity contribution >= 4 is 0 Å². The van der Waals surface area contributed by atoms with E-state index in [1.807, 2.05) is 6.92 Å². The Balaban J connectivity index is 2.70. The second kappa shape index (κ2) is 5.85. The largest absolute Gasteiger partial charge is 0.417 e. The van der Waals surface area contributed by atoms with Gasteiger partial charge in [-0.05, 0) is 48.9 Å². The summed E-state index contributed by atoms with van der Waals surface area (Å²) in [4.78, 5) is 0. The standard InChI is InChI=1S/C16H15F4N/c1-10(21-2)12-8-7-11(17)9-14(12)13-5-3-4-6-15(13)16(18,19)20/h3-10,21H,1-2H3. The number of hydrogen-bond donors (Lipinski definition) is 1. The quantitative estimate of drug-likeness (QED) is 0.803. The zero-order valence-corrected chi connectivity index (χ0v) is 11.6. The summed E-state index contributed by atoms with van der Waals surface area (Å²) >= 11 is 0. The van der Waals surface area contributed by atoms with Crippen molar-refractivity contribution in [1.82, 2.24) is 5.32 Å². The van der Waals surface area contributed by atoms with Crippen molar-refractivity contribution in [2.45, 2.75) is 19.1 Å². The highest BCUT2D eigenvalue weighted by atomic mass is 19.4. The molecule has 0 saturated heterocycles. The molecule has 5 heteroatoms. The molecule has 1 N–H and O–H groups in total. The summed E-state index contributed by atoms with van der Waals surface area (Å²) in [6.07, 6.45) is -4.48. The van der Waals surface area contributed by atoms with Crippen molar-refractivity contribution in [3.63, 3.8) is 0 Å². The lowest BCUT2D eigenvalue weighted by atomic mass is 9.92. The molecule has 1 atom stereocenters. The molecular formula is C16H15F4N. The molecule has 2 aromatic rings. The average Bonchev–Trinajstić information content (AvgIpc) is 2.45. The van der Waals surface area contributed by atoms with E-state index in [2.05, 4.69) is 5.32 Å². The molecule has 0 amide bonds. The first-order valence-corrected chi connectivity index (χ1v) is 6.48. The number of rotatable bonds is 3. The van der Waals surface area contributed by atoms with Crippen LogP contribution in [0.5, 0.6) is 0 Å². The third-order valence-corrected chi connectivity index (χ3v) is 3.44. The minimum Gasteiger partial charge on any atom is -0.313 e. The van der Waals surface area contributed by atoms with Gasteiger partial charge in [0.1, 0.15) is 5.82 Å². The van der Waals surface area contributed by atoms with Crippen LogP contribution in [-0.2, 0) is 6.18 Å². The third-order valence-electron chi connectivity index (χ3n) is 3.44. The molecule has 0 heterocycles. The highest BCUT2D eigenvalue weighted by Crippen LogP contribution is 2.39. The van der Waals surface area contributed by atoms with E-state index in [1.54, 1.807) is 7.05 Å². The monoisotopic (exact) mass is 297 g/mol. The first kappa shape index (κ1) is 15.5. The van der Waals surface area contributed by atoms with Gasteiger partial charge in [0, 0.05) is 6.04 Å². The summed E-state index contributed by atoms with van der Waals surface area (Å²) in [5, 5.41) is 2.97. The molecule has 0 radical (unpaired) electrons. The molecule has 0 aliphatic rings. The number of hydrogen-bond acceptors (Lipinski definition) is 1. The smallest absolute Gasteiger partial charge is 0.313 e. The second-order valence-corrected chi connectivity index (χ2v) is 4.79. The molecule has 21 heavy (non-hydrogen) atoms. The molecule has 2 aromatic carbocycles. The lowest BCUT2D eigenvalue weighted by Gasteiger charge is -2.19. The van der Waals surface area contributed by atoms with Gasteiger partial charge in [-0.25, -0.2) is 4.39 Å². The molecular weight excluding hydrogens is 282 g/mol. The molecule has 0 bridgehead atoms. The van der Waals surface area contributed by atoms with Gasteiger partial charge in [-0.1, -0.05) is 24.3 Å². The summed E-state index contributed by atoms with van der Waals surface area (Å²) < 4.78 is 52.9. The number of benzene rings is 2. The van der Waals surface area contributed by atoms with Crippen molar-refractivity contribution < 1.29 is 17.6 Å². The van der Waals surface area contributed by atoms with Crippen LogP contribution in [0.25, 0.3) is 11.1 Å². The number of alkyl halides is 3. The Hall–Kier alpha value is -1.88. The van der Waals surface area contributed by atoms with Gasteiger partial charge in [0.2, 0.25) is 0 Å². The Labute approximate surface area is 120 Å². The van der Waals surface area contributed by atoms with Gasteiger partial charge < -0.3 is 5.32 Å². The van der Waals surface area contributed by atoms with Gasteiger partial charge in [-0.15, -0.1) is 0 Å². The number of halogens is 4. The average molecular weight is 297 g/mol. The Morgan fingerprint density at radius 3 is 2.29 bits per heavy atom. The minimum absolute atomic E-state index is 0.0124. The first-order valence-electron chi connectivity index (χ1n) is 6.48. The fourth-order valence-corrected chi connectivity index (χ4v) is 2.26. The lowest BCUT2D eigenvalue weighted by Crippen LogP contribution is -2.14. The van der Waals surface area contributed by atoms with E-state index in [0.29, 0.717) is 5.56 Å². The Morgan fingerprint density at radius 2 is 1.67 bits per heavy atom. The van der Waals surface area contributed by atoms with Crippen LogP contribution in [0.4, 0.5) is 17.6 Å². The summed E-state index contributed by atoms with van der Waals surface area (Å²) in [7, 11) is 1.70. The Morgan fingerprint density at radius 1 is 1.00 bits per heavy atom. The molecule has 0 saturated carbocycles. The van der Waals surface area contributed by atoms with Gasteiger partial charge in [0.25, 0.3) is 0 Å². The van der Waals surface area contributed by atoms with E-state index in [4.69, 9.17) is 0 Å². The maximum absolute atomic E-state index is 13.5. The van der Waals surface area contributed by atoms with Gasteiger partial charge in [0.05, 0.1) is 5.56 Å². The second-order valence-electron chi connectivity index (χ2n) is 4.79. The summed E-state index contributed by atoms with van der Waals surface area (Å²) in [6, 6.07) is 8.94. The molecule has 0 aliphatic heterocycles. The van der Waals surface area contributed by atoms with Crippen molar-refractivity contribution in [3.05, 3.63) is 59.4 Å². The van der Waals surface area contributed by atoms with E-state index in [-0.39, 0.29) is 17.2 Å². The molecule has 0 aliphatic carbocycles. The van der Waals surface area contributed by atoms with Crippen LogP contribution in [-0.4, -0.2) is 7.05 Å². The van der Waals surface area contributed by atoms with Gasteiger partial charge in [0.15, 0.2) is 0 Å². The summed E-state index contributed by atoms with van der Waals surface area (Å²) in [6.45, 7) is 1.81. The molecule has 1 unspecified atom stereocenters. The van der Waals surface area contributed by atoms with Gasteiger partial charge in [-0.2, -0.15) is 13.2 Å². The lowest BCUT2D eigenvalue weighted by molar-refractivity contribution is -0.137. The first-order chi connectivity index (χ1) is 9.84. The predicted molar refractivity (Wildman–Crippen MR) is 74.3 cm³/mol. The molecule has 2 rings (SSSR count). The van der Waals surface area contributed by atoms with Crippen LogP contribution in [0.2, 0.25) is 0 Å². The van der Waals surface area contributed by atoms with Crippen LogP contribution < -0.4 is 5.32 Å². The van der Waals surface area contributed by atoms with Crippen LogP contribution >= 0.6 is 0 Å². The zero-order valence-electron chi connectivity index (χ0n) is 11.6. The van der Waals surface area contributed by atoms with Gasteiger partial charge >= 0.3 is 6.18 Å². The van der Waals surface area contributed by atoms with Crippen LogP contribution in [0.1, 0.15) is 24.1 Å². The van der Waals surface area contributed by atoms with Crippen molar-refractivity contribution in [1.29, 1.82) is 0 Å². The maximum atomic E-state index is 13.5. The van der Waals surface area contributed by atoms with Crippen molar-refractivity contribution in [2.24, 2.45) is 0 Å². The third kappa shape index (κ3) is 3.24. The van der Waals surface area contributed by atoms with Crippen molar-refractivity contribution in [2.75, 3.05) is 7.05 Å². The van der Waals surface area contributed by atoms with Crippen LogP contribution in [0, 0.1) is 5.82 Å². The molecule has 0 fully saturated rings. The Bertz CT molecular complexity index is 634. The highest BCUT2D eigenvalue weighted by Gasteiger charge is 2.34. The molecule has 0 aromatic heterocycles. The van der Waals surface area contributed by atoms with Crippen LogP contribution in [0.15, 0.2) is 42.5 Å². The molecule has 112 valence electrons. The fourth-order valence-electron chi connectivity index (χ4n) is 2.26. The fraction of sp³-hybridized carbons (Fsp3) is 0.250. The van der Waals surface area contributed by atoms with E-state index in [9.17, 15) is 17.6 Å². The maximum Gasteiger partial charge on any atom is 0.417 e. The molecule has 1 nitrogen and oxygen atoms in total. The van der Waals surface area contributed by atoms with E-state index in [1.165, 1.54) is 30.3 Å². The van der Waals surface area contributed by atoms with Crippen LogP contribution in [0.3, 0.4) is 0 Å².